The molecule has 0 saturated heterocycles. The first kappa shape index (κ1) is 41.8. The van der Waals surface area contributed by atoms with Crippen LogP contribution in [-0.2, 0) is 36.7 Å². The van der Waals surface area contributed by atoms with Crippen LogP contribution in [0.1, 0.15) is 113 Å². The molecule has 1 radical (unpaired) electrons. The van der Waals surface area contributed by atoms with E-state index in [1.165, 1.54) is 17.0 Å². The van der Waals surface area contributed by atoms with Crippen molar-refractivity contribution in [3.8, 4) is 22.6 Å². The third-order valence-corrected chi connectivity index (χ3v) is 10.6. The third kappa shape index (κ3) is 9.84. The summed E-state index contributed by atoms with van der Waals surface area (Å²) >= 11 is 0. The molecule has 0 spiro atoms. The molecule has 3 aromatic heterocycles. The number of nitrogens with zero attached hydrogens (tertiary/aromatic N) is 2. The van der Waals surface area contributed by atoms with Gasteiger partial charge in [0.2, 0.25) is 5.71 Å². The molecule has 6 heteroatoms. The normalized spacial score (nSPS) is 12.5. The molecule has 3 heterocycles. The van der Waals surface area contributed by atoms with Crippen LogP contribution in [-0.4, -0.2) is 20.9 Å². The van der Waals surface area contributed by atoms with Gasteiger partial charge in [0, 0.05) is 65.5 Å². The van der Waals surface area contributed by atoms with Gasteiger partial charge in [-0.1, -0.05) is 111 Å². The second kappa shape index (κ2) is 17.3. The Morgan fingerprint density at radius 2 is 1.53 bits per heavy atom. The molecule has 0 aliphatic rings. The molecule has 0 atom stereocenters. The van der Waals surface area contributed by atoms with Gasteiger partial charge in [0.05, 0.1) is 0 Å². The van der Waals surface area contributed by atoms with E-state index in [0.717, 1.165) is 71.2 Å². The van der Waals surface area contributed by atoms with Gasteiger partial charge < -0.3 is 9.52 Å². The molecule has 2 aromatic carbocycles. The van der Waals surface area contributed by atoms with Crippen LogP contribution in [0.4, 0.5) is 0 Å². The molecule has 0 saturated carbocycles. The molecule has 5 aromatic rings. The number of pyridine rings is 2. The predicted octanol–water partition coefficient (Wildman–Crippen LogP) is 12.7. The number of benzene rings is 2. The van der Waals surface area contributed by atoms with E-state index in [-0.39, 0.29) is 47.9 Å². The predicted molar refractivity (Wildman–Crippen MR) is 209 cm³/mol. The number of furan rings is 1. The number of rotatable bonds is 11. The average Bonchev–Trinajstić information content (AvgIpc) is 3.53. The number of allylic oxidation sites excluding steroid dienone is 2. The maximum atomic E-state index is 12.2. The number of carbonyl (C=O) groups is 1. The zero-order chi connectivity index (χ0) is 36.9. The van der Waals surface area contributed by atoms with E-state index in [1.54, 1.807) is 0 Å². The Morgan fingerprint density at radius 3 is 2.14 bits per heavy atom. The Kier molecular flexibility index (Phi) is 14.2. The smallest absolute Gasteiger partial charge is 0.226 e. The number of aromatic nitrogens is 2. The average molecular weight is 866 g/mol. The minimum absolute atomic E-state index is 0. The van der Waals surface area contributed by atoms with Crippen LogP contribution >= 0.6 is 0 Å². The summed E-state index contributed by atoms with van der Waals surface area (Å²) < 4.78 is 6.17. The van der Waals surface area contributed by atoms with Crippen LogP contribution in [0.25, 0.3) is 44.5 Å². The van der Waals surface area contributed by atoms with Gasteiger partial charge in [-0.2, -0.15) is 0 Å². The number of aliphatic hydroxyl groups is 1. The van der Waals surface area contributed by atoms with E-state index >= 15 is 0 Å². The molecule has 275 valence electrons. The fourth-order valence-corrected chi connectivity index (χ4v) is 6.03. The molecule has 0 aliphatic heterocycles. The number of ketones is 1. The van der Waals surface area contributed by atoms with Crippen molar-refractivity contribution in [1.82, 2.24) is 9.97 Å². The molecule has 1 N–H and O–H groups in total. The van der Waals surface area contributed by atoms with Crippen LogP contribution in [0.5, 0.6) is 0 Å². The Balaban J connectivity index is 0.000000335. The van der Waals surface area contributed by atoms with Crippen LogP contribution in [0.3, 0.4) is 0 Å². The van der Waals surface area contributed by atoms with Crippen molar-refractivity contribution in [3.63, 3.8) is 0 Å². The number of aliphatic hydroxyl groups excluding tert-OH is 1. The Morgan fingerprint density at radius 1 is 0.882 bits per heavy atom. The van der Waals surface area contributed by atoms with Crippen molar-refractivity contribution in [2.75, 3.05) is 0 Å². The summed E-state index contributed by atoms with van der Waals surface area (Å²) in [6.07, 6.45) is 7.54. The van der Waals surface area contributed by atoms with Crippen LogP contribution in [0.2, 0.25) is 0 Å². The molecule has 0 aliphatic carbocycles. The largest absolute Gasteiger partial charge is 0.512 e. The summed E-state index contributed by atoms with van der Waals surface area (Å²) in [4.78, 5) is 21.6. The number of hydrogen-bond donors (Lipinski definition) is 1. The zero-order valence-corrected chi connectivity index (χ0v) is 34.9. The molecule has 0 fully saturated rings. The van der Waals surface area contributed by atoms with Gasteiger partial charge in [0.15, 0.2) is 5.78 Å². The van der Waals surface area contributed by atoms with E-state index in [0.29, 0.717) is 11.6 Å². The molecule has 0 unspecified atom stereocenters. The fraction of sp³-hybridized carbons (Fsp3) is 0.444. The molecular formula is C45H57IrN2O3-. The third-order valence-electron chi connectivity index (χ3n) is 10.6. The summed E-state index contributed by atoms with van der Waals surface area (Å²) in [5.41, 5.74) is 5.33. The van der Waals surface area contributed by atoms with E-state index < -0.39 is 0 Å². The summed E-state index contributed by atoms with van der Waals surface area (Å²) in [6.45, 7) is 23.2. The van der Waals surface area contributed by atoms with Gasteiger partial charge in [0.25, 0.3) is 0 Å². The van der Waals surface area contributed by atoms with Gasteiger partial charge in [-0.25, -0.2) is 4.98 Å². The van der Waals surface area contributed by atoms with Gasteiger partial charge >= 0.3 is 0 Å². The topological polar surface area (TPSA) is 76.2 Å². The van der Waals surface area contributed by atoms with Gasteiger partial charge in [-0.15, -0.1) is 29.1 Å². The molecule has 0 amide bonds. The van der Waals surface area contributed by atoms with Crippen LogP contribution in [0.15, 0.2) is 83.1 Å². The minimum Gasteiger partial charge on any atom is -0.512 e. The second-order valence-corrected chi connectivity index (χ2v) is 15.7. The Bertz CT molecular complexity index is 1960. The monoisotopic (exact) mass is 866 g/mol. The van der Waals surface area contributed by atoms with Crippen molar-refractivity contribution in [2.24, 2.45) is 16.7 Å². The second-order valence-electron chi connectivity index (χ2n) is 15.7. The summed E-state index contributed by atoms with van der Waals surface area (Å²) in [5.74, 6) is 1.65. The first-order chi connectivity index (χ1) is 23.6. The number of fused-ring (bicyclic) bond motifs is 2. The molecular weight excluding hydrogens is 809 g/mol. The van der Waals surface area contributed by atoms with Crippen molar-refractivity contribution >= 4 is 27.7 Å². The van der Waals surface area contributed by atoms with Crippen LogP contribution < -0.4 is 0 Å². The van der Waals surface area contributed by atoms with E-state index in [9.17, 15) is 9.90 Å². The molecule has 51 heavy (non-hydrogen) atoms. The van der Waals surface area contributed by atoms with Crippen molar-refractivity contribution in [1.29, 1.82) is 0 Å². The standard InChI is InChI=1S/C30H29N2O.C15H28O2.Ir/c1-19(2)14-24-11-10-22-18-28(33-29(22)32-24)21-12-13-31-27(17-21)23-15-20-8-6-7-9-25(20)26(16-23)30(3,4)5;1-7-14(5,8-2)12(16)11-13(17)15(6,9-3)10-4;/h6-13,16-19H,14H2,1-5H3;11,16H,7-10H2,1-6H3;/q-1;;/b;12-11-;. The SMILES string of the molecule is CC(C)Cc1ccc2cc(-c3ccnc(-c4[c-]c5ccccc5c(C(C)(C)C)c4)c3)oc2n1.CCC(C)(CC)C(=O)/C=C(\O)C(C)(CC)CC.[Ir]. The summed E-state index contributed by atoms with van der Waals surface area (Å²) in [7, 11) is 0. The van der Waals surface area contributed by atoms with Gasteiger partial charge in [-0.05, 0) is 67.7 Å². The first-order valence-corrected chi connectivity index (χ1v) is 18.3. The summed E-state index contributed by atoms with van der Waals surface area (Å²) in [5, 5.41) is 13.5. The van der Waals surface area contributed by atoms with Crippen LogP contribution in [0, 0.1) is 22.8 Å². The fourth-order valence-electron chi connectivity index (χ4n) is 6.03. The van der Waals surface area contributed by atoms with Crippen molar-refractivity contribution in [3.05, 3.63) is 96.0 Å². The quantitative estimate of drug-likeness (QED) is 0.0813. The number of hydrogen-bond acceptors (Lipinski definition) is 5. The summed E-state index contributed by atoms with van der Waals surface area (Å²) in [6, 6.07) is 24.6. The van der Waals surface area contributed by atoms with Crippen molar-refractivity contribution in [2.45, 2.75) is 114 Å². The van der Waals surface area contributed by atoms with Gasteiger partial charge in [0.1, 0.15) is 11.5 Å². The van der Waals surface area contributed by atoms with E-state index in [2.05, 4.69) is 100 Å². The van der Waals surface area contributed by atoms with Crippen molar-refractivity contribution < 1.29 is 34.4 Å². The molecule has 5 nitrogen and oxygen atoms in total. The van der Waals surface area contributed by atoms with E-state index in [1.807, 2.05) is 53.8 Å². The van der Waals surface area contributed by atoms with Gasteiger partial charge in [-0.3, -0.25) is 9.78 Å². The Hall–Kier alpha value is -3.60. The zero-order valence-electron chi connectivity index (χ0n) is 32.5. The maximum absolute atomic E-state index is 12.2. The maximum Gasteiger partial charge on any atom is 0.226 e. The van der Waals surface area contributed by atoms with E-state index in [4.69, 9.17) is 9.40 Å². The minimum atomic E-state index is -0.337. The Labute approximate surface area is 319 Å². The number of carbonyl (C=O) groups excluding carboxylic acids is 1. The first-order valence-electron chi connectivity index (χ1n) is 18.3. The molecule has 0 bridgehead atoms. The molecule has 5 rings (SSSR count).